The van der Waals surface area contributed by atoms with Gasteiger partial charge >= 0.3 is 0 Å². The number of nitrogens with zero attached hydrogens (tertiary/aromatic N) is 3. The van der Waals surface area contributed by atoms with Gasteiger partial charge in [-0.1, -0.05) is 29.8 Å². The van der Waals surface area contributed by atoms with Gasteiger partial charge in [-0.25, -0.2) is 4.98 Å². The number of halogens is 2. The van der Waals surface area contributed by atoms with Crippen LogP contribution in [-0.4, -0.2) is 26.8 Å². The molecule has 0 aliphatic carbocycles. The fourth-order valence-electron chi connectivity index (χ4n) is 2.61. The largest absolute Gasteiger partial charge is 0.331 e. The van der Waals surface area contributed by atoms with Gasteiger partial charge in [-0.15, -0.1) is 0 Å². The molecule has 0 spiro atoms. The van der Waals surface area contributed by atoms with E-state index in [0.29, 0.717) is 22.8 Å². The molecule has 6 heteroatoms. The summed E-state index contributed by atoms with van der Waals surface area (Å²) in [7, 11) is 0. The number of para-hydroxylation sites is 1. The lowest BCUT2D eigenvalue weighted by Gasteiger charge is -2.26. The third kappa shape index (κ3) is 3.83. The van der Waals surface area contributed by atoms with E-state index in [1.807, 2.05) is 44.2 Å². The van der Waals surface area contributed by atoms with Gasteiger partial charge in [0.15, 0.2) is 0 Å². The van der Waals surface area contributed by atoms with Crippen molar-refractivity contribution in [1.82, 2.24) is 14.9 Å². The molecule has 2 aromatic heterocycles. The Labute approximate surface area is 160 Å². The Morgan fingerprint density at radius 1 is 1.28 bits per heavy atom. The monoisotopic (exact) mass is 417 g/mol. The van der Waals surface area contributed by atoms with Gasteiger partial charge in [0.25, 0.3) is 5.91 Å². The summed E-state index contributed by atoms with van der Waals surface area (Å²) in [5.74, 6) is -0.154. The van der Waals surface area contributed by atoms with E-state index in [1.165, 1.54) is 0 Å². The van der Waals surface area contributed by atoms with E-state index < -0.39 is 0 Å². The van der Waals surface area contributed by atoms with Crippen LogP contribution in [-0.2, 0) is 6.54 Å². The minimum absolute atomic E-state index is 0.0168. The van der Waals surface area contributed by atoms with E-state index in [-0.39, 0.29) is 11.9 Å². The molecule has 0 aliphatic heterocycles. The summed E-state index contributed by atoms with van der Waals surface area (Å²) in [5, 5.41) is 1.33. The Balaban J connectivity index is 2.00. The SMILES string of the molecule is CC(C)N(Cc1cccnc1)C(=O)c1cc(Cl)c2cccc(Br)c2n1. The fraction of sp³-hybridized carbons (Fsp3) is 0.211. The second-order valence-electron chi connectivity index (χ2n) is 6.01. The number of pyridine rings is 2. The molecule has 0 saturated heterocycles. The number of aromatic nitrogens is 2. The van der Waals surface area contributed by atoms with E-state index in [1.54, 1.807) is 23.4 Å². The number of fused-ring (bicyclic) bond motifs is 1. The first kappa shape index (κ1) is 17.8. The molecule has 0 aliphatic rings. The lowest BCUT2D eigenvalue weighted by atomic mass is 10.1. The zero-order valence-electron chi connectivity index (χ0n) is 13.9. The molecule has 0 N–H and O–H groups in total. The van der Waals surface area contributed by atoms with Crippen LogP contribution in [0.1, 0.15) is 29.9 Å². The molecule has 1 aromatic carbocycles. The molecule has 4 nitrogen and oxygen atoms in total. The van der Waals surface area contributed by atoms with Gasteiger partial charge in [0, 0.05) is 34.8 Å². The van der Waals surface area contributed by atoms with Crippen LogP contribution < -0.4 is 0 Å². The molecule has 0 radical (unpaired) electrons. The van der Waals surface area contributed by atoms with Crippen LogP contribution in [0.2, 0.25) is 5.02 Å². The Bertz CT molecular complexity index is 915. The molecule has 0 unspecified atom stereocenters. The first-order chi connectivity index (χ1) is 12.0. The van der Waals surface area contributed by atoms with Crippen LogP contribution in [0.4, 0.5) is 0 Å². The molecule has 0 bridgehead atoms. The highest BCUT2D eigenvalue weighted by Crippen LogP contribution is 2.29. The summed E-state index contributed by atoms with van der Waals surface area (Å²) < 4.78 is 0.810. The Hall–Kier alpha value is -1.98. The normalized spacial score (nSPS) is 11.1. The summed E-state index contributed by atoms with van der Waals surface area (Å²) >= 11 is 9.86. The predicted molar refractivity (Wildman–Crippen MR) is 104 cm³/mol. The van der Waals surface area contributed by atoms with Crippen LogP contribution >= 0.6 is 27.5 Å². The van der Waals surface area contributed by atoms with Gasteiger partial charge in [-0.2, -0.15) is 0 Å². The maximum atomic E-state index is 13.1. The van der Waals surface area contributed by atoms with Crippen LogP contribution in [0, 0.1) is 0 Å². The van der Waals surface area contributed by atoms with Crippen molar-refractivity contribution in [1.29, 1.82) is 0 Å². The van der Waals surface area contributed by atoms with Crippen LogP contribution in [0.15, 0.2) is 53.3 Å². The maximum absolute atomic E-state index is 13.1. The lowest BCUT2D eigenvalue weighted by Crippen LogP contribution is -2.36. The van der Waals surface area contributed by atoms with Gasteiger partial charge < -0.3 is 4.90 Å². The molecule has 1 amide bonds. The highest BCUT2D eigenvalue weighted by atomic mass is 79.9. The third-order valence-electron chi connectivity index (χ3n) is 3.92. The van der Waals surface area contributed by atoms with Gasteiger partial charge in [-0.3, -0.25) is 9.78 Å². The summed E-state index contributed by atoms with van der Waals surface area (Å²) in [4.78, 5) is 23.5. The topological polar surface area (TPSA) is 46.1 Å². The molecule has 0 atom stereocenters. The number of hydrogen-bond donors (Lipinski definition) is 0. The Morgan fingerprint density at radius 2 is 2.08 bits per heavy atom. The maximum Gasteiger partial charge on any atom is 0.273 e. The van der Waals surface area contributed by atoms with Crippen LogP contribution in [0.5, 0.6) is 0 Å². The second kappa shape index (κ2) is 7.50. The smallest absolute Gasteiger partial charge is 0.273 e. The van der Waals surface area contributed by atoms with Crippen molar-refractivity contribution in [2.45, 2.75) is 26.4 Å². The number of hydrogen-bond acceptors (Lipinski definition) is 3. The molecule has 3 rings (SSSR count). The highest BCUT2D eigenvalue weighted by molar-refractivity contribution is 9.10. The molecule has 25 heavy (non-hydrogen) atoms. The number of rotatable bonds is 4. The first-order valence-corrected chi connectivity index (χ1v) is 9.09. The molecular formula is C19H17BrClN3O. The van der Waals surface area contributed by atoms with Crippen molar-refractivity contribution < 1.29 is 4.79 Å². The van der Waals surface area contributed by atoms with Gasteiger partial charge in [0.2, 0.25) is 0 Å². The van der Waals surface area contributed by atoms with Crippen molar-refractivity contribution in [2.24, 2.45) is 0 Å². The molecular weight excluding hydrogens is 402 g/mol. The summed E-state index contributed by atoms with van der Waals surface area (Å²) in [5.41, 5.74) is 1.99. The second-order valence-corrected chi connectivity index (χ2v) is 7.27. The van der Waals surface area contributed by atoms with Crippen molar-refractivity contribution in [2.75, 3.05) is 0 Å². The quantitative estimate of drug-likeness (QED) is 0.592. The van der Waals surface area contributed by atoms with E-state index in [0.717, 1.165) is 15.4 Å². The molecule has 128 valence electrons. The summed E-state index contributed by atoms with van der Waals surface area (Å²) in [6.45, 7) is 4.43. The van der Waals surface area contributed by atoms with Crippen molar-refractivity contribution in [3.05, 3.63) is 69.5 Å². The number of benzene rings is 1. The van der Waals surface area contributed by atoms with Crippen molar-refractivity contribution in [3.8, 4) is 0 Å². The third-order valence-corrected chi connectivity index (χ3v) is 4.87. The van der Waals surface area contributed by atoms with Crippen LogP contribution in [0.25, 0.3) is 10.9 Å². The zero-order valence-corrected chi connectivity index (χ0v) is 16.3. The van der Waals surface area contributed by atoms with Crippen molar-refractivity contribution in [3.63, 3.8) is 0 Å². The average Bonchev–Trinajstić information content (AvgIpc) is 2.60. The average molecular weight is 419 g/mol. The Kier molecular flexibility index (Phi) is 5.35. The summed E-state index contributed by atoms with van der Waals surface area (Å²) in [6.07, 6.45) is 3.48. The van der Waals surface area contributed by atoms with Gasteiger partial charge in [0.1, 0.15) is 5.69 Å². The molecule has 0 saturated carbocycles. The molecule has 3 aromatic rings. The number of carbonyl (C=O) groups is 1. The summed E-state index contributed by atoms with van der Waals surface area (Å²) in [6, 6.07) is 11.1. The number of carbonyl (C=O) groups excluding carboxylic acids is 1. The molecule has 0 fully saturated rings. The van der Waals surface area contributed by atoms with Crippen molar-refractivity contribution >= 4 is 44.3 Å². The highest BCUT2D eigenvalue weighted by Gasteiger charge is 2.22. The zero-order chi connectivity index (χ0) is 18.0. The van der Waals surface area contributed by atoms with E-state index in [9.17, 15) is 4.79 Å². The minimum Gasteiger partial charge on any atom is -0.331 e. The van der Waals surface area contributed by atoms with Gasteiger partial charge in [-0.05, 0) is 53.5 Å². The number of amides is 1. The lowest BCUT2D eigenvalue weighted by molar-refractivity contribution is 0.0684. The first-order valence-electron chi connectivity index (χ1n) is 7.92. The van der Waals surface area contributed by atoms with E-state index >= 15 is 0 Å². The predicted octanol–water partition coefficient (Wildman–Crippen LogP) is 5.10. The standard InChI is InChI=1S/C19H17BrClN3O/c1-12(2)24(11-13-5-4-8-22-10-13)19(25)17-9-16(21)14-6-3-7-15(20)18(14)23-17/h3-10,12H,11H2,1-2H3. The minimum atomic E-state index is -0.154. The van der Waals surface area contributed by atoms with Crippen LogP contribution in [0.3, 0.4) is 0 Å². The Morgan fingerprint density at radius 3 is 2.76 bits per heavy atom. The van der Waals surface area contributed by atoms with E-state index in [4.69, 9.17) is 11.6 Å². The fourth-order valence-corrected chi connectivity index (χ4v) is 3.32. The molecule has 2 heterocycles. The van der Waals surface area contributed by atoms with E-state index in [2.05, 4.69) is 25.9 Å². The van der Waals surface area contributed by atoms with Gasteiger partial charge in [0.05, 0.1) is 10.5 Å².